The average molecular weight is 426 g/mol. The summed E-state index contributed by atoms with van der Waals surface area (Å²) < 4.78 is 34.7. The quantitative estimate of drug-likeness (QED) is 0.479. The fraction of sp³-hybridized carbons (Fsp3) is 0.412. The highest BCUT2D eigenvalue weighted by Gasteiger charge is 2.50. The number of hydrogen-bond acceptors (Lipinski definition) is 9. The van der Waals surface area contributed by atoms with Gasteiger partial charge in [-0.25, -0.2) is 13.9 Å². The second-order valence-corrected chi connectivity index (χ2v) is 8.36. The van der Waals surface area contributed by atoms with Crippen LogP contribution in [0.25, 0.3) is 0 Å². The molecule has 2 aliphatic rings. The van der Waals surface area contributed by atoms with Crippen molar-refractivity contribution in [2.75, 3.05) is 0 Å². The molecule has 1 aromatic heterocycles. The average Bonchev–Trinajstić information content (AvgIpc) is 3.12. The van der Waals surface area contributed by atoms with Gasteiger partial charge in [0.25, 0.3) is 5.56 Å². The third-order valence-electron chi connectivity index (χ3n) is 4.63. The first-order chi connectivity index (χ1) is 13.7. The van der Waals surface area contributed by atoms with Crippen molar-refractivity contribution in [1.82, 2.24) is 9.55 Å². The Morgan fingerprint density at radius 3 is 2.83 bits per heavy atom. The molecule has 3 unspecified atom stereocenters. The van der Waals surface area contributed by atoms with Gasteiger partial charge in [-0.3, -0.25) is 18.9 Å². The first-order valence-electron chi connectivity index (χ1n) is 8.81. The fourth-order valence-electron chi connectivity index (χ4n) is 3.23. The smallest absolute Gasteiger partial charge is 0.404 e. The van der Waals surface area contributed by atoms with Gasteiger partial charge >= 0.3 is 19.5 Å². The molecule has 1 aromatic carbocycles. The Morgan fingerprint density at radius 2 is 2.07 bits per heavy atom. The summed E-state index contributed by atoms with van der Waals surface area (Å²) in [6.07, 6.45) is -0.691. The second-order valence-electron chi connectivity index (χ2n) is 6.85. The number of aromatic amines is 1. The summed E-state index contributed by atoms with van der Waals surface area (Å²) in [5, 5.41) is 20.7. The largest absolute Gasteiger partial charge is 0.534 e. The summed E-state index contributed by atoms with van der Waals surface area (Å²) in [5.41, 5.74) is 0.332. The van der Waals surface area contributed by atoms with Gasteiger partial charge in [-0.15, -0.1) is 0 Å². The van der Waals surface area contributed by atoms with Gasteiger partial charge in [0.15, 0.2) is 0 Å². The number of phosphoric ester groups is 1. The number of rotatable bonds is 4. The lowest BCUT2D eigenvalue weighted by Crippen LogP contribution is -2.45. The number of nitrogens with zero attached hydrogens (tertiary/aromatic N) is 1. The number of benzene rings is 1. The van der Waals surface area contributed by atoms with Crippen LogP contribution in [0, 0.1) is 6.92 Å². The number of nitrogens with one attached hydrogen (secondary N) is 1. The summed E-state index contributed by atoms with van der Waals surface area (Å²) in [7, 11) is -4.34. The van der Waals surface area contributed by atoms with Gasteiger partial charge in [0.1, 0.15) is 18.1 Å². The number of hydrogen-bond donors (Lipinski definition) is 3. The number of aryl methyl sites for hydroxylation is 1. The van der Waals surface area contributed by atoms with E-state index in [2.05, 4.69) is 4.98 Å². The minimum Gasteiger partial charge on any atom is -0.404 e. The molecule has 2 aromatic rings. The standard InChI is InChI=1S/C17H19N2O9P/c1-10-2-3-12-11(8-10)9-25-29(24,27-12)28-17(22,23)13-4-5-15(26-13)19-7-6-14(20)18-16(19)21/h2-3,6-8,13,15,22-23H,4-5,9H2,1H3,(H,18,20,21). The Labute approximate surface area is 164 Å². The highest BCUT2D eigenvalue weighted by atomic mass is 31.2. The van der Waals surface area contributed by atoms with Gasteiger partial charge in [-0.1, -0.05) is 17.7 Å². The SMILES string of the molecule is Cc1ccc2c(c1)COP(=O)(OC(O)(O)C1CCC(n3ccc(=O)[nH]c3=O)O1)O2. The molecule has 0 aliphatic carbocycles. The first-order valence-corrected chi connectivity index (χ1v) is 10.3. The maximum Gasteiger partial charge on any atom is 0.534 e. The van der Waals surface area contributed by atoms with Crippen LogP contribution >= 0.6 is 7.82 Å². The first kappa shape index (κ1) is 20.0. The fourth-order valence-corrected chi connectivity index (χ4v) is 4.53. The summed E-state index contributed by atoms with van der Waals surface area (Å²) in [6.45, 7) is 1.78. The van der Waals surface area contributed by atoms with E-state index in [4.69, 9.17) is 18.3 Å². The minimum atomic E-state index is -4.34. The van der Waals surface area contributed by atoms with Crippen LogP contribution in [0.5, 0.6) is 5.75 Å². The van der Waals surface area contributed by atoms with Gasteiger partial charge in [0, 0.05) is 17.8 Å². The second kappa shape index (κ2) is 7.21. The topological polar surface area (TPSA) is 149 Å². The van der Waals surface area contributed by atoms with Gasteiger partial charge in [0.05, 0.1) is 6.61 Å². The van der Waals surface area contributed by atoms with Crippen molar-refractivity contribution in [3.63, 3.8) is 0 Å². The number of ether oxygens (including phenoxy) is 1. The molecular weight excluding hydrogens is 407 g/mol. The summed E-state index contributed by atoms with van der Waals surface area (Å²) in [6, 6.07) is 6.26. The molecule has 0 bridgehead atoms. The molecule has 0 spiro atoms. The molecule has 0 amide bonds. The molecule has 1 saturated heterocycles. The van der Waals surface area contributed by atoms with Crippen LogP contribution in [0.1, 0.15) is 30.2 Å². The van der Waals surface area contributed by atoms with Crippen molar-refractivity contribution in [1.29, 1.82) is 0 Å². The van der Waals surface area contributed by atoms with E-state index in [-0.39, 0.29) is 25.2 Å². The third-order valence-corrected chi connectivity index (χ3v) is 5.99. The molecule has 0 saturated carbocycles. The molecule has 11 nitrogen and oxygen atoms in total. The lowest BCUT2D eigenvalue weighted by molar-refractivity contribution is -0.349. The molecule has 156 valence electrons. The van der Waals surface area contributed by atoms with Crippen LogP contribution < -0.4 is 15.8 Å². The van der Waals surface area contributed by atoms with Gasteiger partial charge in [-0.2, -0.15) is 0 Å². The number of fused-ring (bicyclic) bond motifs is 1. The maximum absolute atomic E-state index is 12.8. The number of phosphoric acid groups is 1. The van der Waals surface area contributed by atoms with E-state index < -0.39 is 37.4 Å². The molecule has 1 fully saturated rings. The molecule has 29 heavy (non-hydrogen) atoms. The third kappa shape index (κ3) is 4.06. The van der Waals surface area contributed by atoms with E-state index in [1.807, 2.05) is 6.92 Å². The van der Waals surface area contributed by atoms with E-state index in [1.165, 1.54) is 6.20 Å². The van der Waals surface area contributed by atoms with E-state index >= 15 is 0 Å². The molecule has 4 rings (SSSR count). The Morgan fingerprint density at radius 1 is 1.28 bits per heavy atom. The lowest BCUT2D eigenvalue weighted by atomic mass is 10.1. The molecule has 12 heteroatoms. The predicted octanol–water partition coefficient (Wildman–Crippen LogP) is 0.895. The summed E-state index contributed by atoms with van der Waals surface area (Å²) in [4.78, 5) is 25.1. The number of aliphatic hydroxyl groups is 2. The number of aromatic nitrogens is 2. The summed E-state index contributed by atoms with van der Waals surface area (Å²) in [5.74, 6) is -2.75. The van der Waals surface area contributed by atoms with Crippen molar-refractivity contribution in [3.8, 4) is 5.75 Å². The van der Waals surface area contributed by atoms with Crippen LogP contribution in [-0.2, 0) is 25.0 Å². The minimum absolute atomic E-state index is 0.0685. The lowest BCUT2D eigenvalue weighted by Gasteiger charge is -2.32. The van der Waals surface area contributed by atoms with E-state index in [0.29, 0.717) is 5.56 Å². The van der Waals surface area contributed by atoms with Crippen LogP contribution in [0.3, 0.4) is 0 Å². The van der Waals surface area contributed by atoms with Gasteiger partial charge in [0.2, 0.25) is 0 Å². The van der Waals surface area contributed by atoms with Crippen molar-refractivity contribution < 1.29 is 33.1 Å². The van der Waals surface area contributed by atoms with Crippen LogP contribution in [0.15, 0.2) is 40.1 Å². The summed E-state index contributed by atoms with van der Waals surface area (Å²) >= 11 is 0. The van der Waals surface area contributed by atoms with Gasteiger partial charge in [-0.05, 0) is 25.8 Å². The Hall–Kier alpha value is -2.27. The van der Waals surface area contributed by atoms with Crippen LogP contribution in [-0.4, -0.2) is 31.8 Å². The number of H-pyrrole nitrogens is 1. The van der Waals surface area contributed by atoms with Crippen molar-refractivity contribution >= 4 is 7.82 Å². The monoisotopic (exact) mass is 426 g/mol. The van der Waals surface area contributed by atoms with Crippen LogP contribution in [0.4, 0.5) is 0 Å². The van der Waals surface area contributed by atoms with Crippen molar-refractivity contribution in [3.05, 3.63) is 62.4 Å². The predicted molar refractivity (Wildman–Crippen MR) is 96.9 cm³/mol. The maximum atomic E-state index is 12.8. The van der Waals surface area contributed by atoms with Crippen LogP contribution in [0.2, 0.25) is 0 Å². The van der Waals surface area contributed by atoms with E-state index in [9.17, 15) is 24.4 Å². The normalized spacial score (nSPS) is 26.7. The molecule has 3 heterocycles. The highest BCUT2D eigenvalue weighted by Crippen LogP contribution is 2.57. The van der Waals surface area contributed by atoms with E-state index in [0.717, 1.165) is 16.2 Å². The van der Waals surface area contributed by atoms with Crippen molar-refractivity contribution in [2.45, 2.75) is 44.7 Å². The molecule has 3 N–H and O–H groups in total. The molecule has 3 atom stereocenters. The van der Waals surface area contributed by atoms with Crippen molar-refractivity contribution in [2.24, 2.45) is 0 Å². The molecular formula is C17H19N2O9P. The Balaban J connectivity index is 1.48. The zero-order valence-corrected chi connectivity index (χ0v) is 16.2. The van der Waals surface area contributed by atoms with Gasteiger partial charge < -0.3 is 19.5 Å². The highest BCUT2D eigenvalue weighted by molar-refractivity contribution is 7.49. The zero-order chi connectivity index (χ0) is 20.8. The van der Waals surface area contributed by atoms with E-state index in [1.54, 1.807) is 18.2 Å². The molecule has 2 aliphatic heterocycles. The zero-order valence-electron chi connectivity index (χ0n) is 15.3. The molecule has 0 radical (unpaired) electrons. The Bertz CT molecular complexity index is 1090. The Kier molecular flexibility index (Phi) is 4.97.